The monoisotopic (exact) mass is 745 g/mol. The Hall–Kier alpha value is -6.44. The van der Waals surface area contributed by atoms with Crippen LogP contribution in [-0.4, -0.2) is 0 Å². The zero-order valence-corrected chi connectivity index (χ0v) is 34.2. The molecule has 8 aromatic rings. The maximum atomic E-state index is 2.53. The molecule has 0 fully saturated rings. The van der Waals surface area contributed by atoms with Crippen molar-refractivity contribution in [3.63, 3.8) is 0 Å². The highest BCUT2D eigenvalue weighted by Gasteiger charge is 2.42. The highest BCUT2D eigenvalue weighted by atomic mass is 15.1. The van der Waals surface area contributed by atoms with Crippen molar-refractivity contribution in [3.8, 4) is 55.6 Å². The molecule has 0 heterocycles. The van der Waals surface area contributed by atoms with E-state index >= 15 is 0 Å². The number of rotatable bonds is 5. The van der Waals surface area contributed by atoms with Gasteiger partial charge in [-0.3, -0.25) is 0 Å². The molecule has 0 amide bonds. The molecule has 0 spiro atoms. The van der Waals surface area contributed by atoms with Crippen molar-refractivity contribution >= 4 is 17.1 Å². The Morgan fingerprint density at radius 1 is 0.259 bits per heavy atom. The summed E-state index contributed by atoms with van der Waals surface area (Å²) in [6.07, 6.45) is 0. The van der Waals surface area contributed by atoms with Crippen LogP contribution in [0, 0.1) is 0 Å². The molecular weight excluding hydrogens is 699 g/mol. The molecular formula is C57H47N. The van der Waals surface area contributed by atoms with Gasteiger partial charge in [-0.2, -0.15) is 0 Å². The minimum absolute atomic E-state index is 0.0918. The van der Waals surface area contributed by atoms with Crippen molar-refractivity contribution in [1.29, 1.82) is 0 Å². The lowest BCUT2D eigenvalue weighted by atomic mass is 9.79. The van der Waals surface area contributed by atoms with E-state index < -0.39 is 0 Å². The summed E-state index contributed by atoms with van der Waals surface area (Å²) in [5.41, 5.74) is 24.6. The fourth-order valence-corrected chi connectivity index (χ4v) is 10.6. The molecule has 0 aliphatic heterocycles. The number of hydrogen-bond donors (Lipinski definition) is 0. The van der Waals surface area contributed by atoms with E-state index in [2.05, 4.69) is 222 Å². The molecule has 0 unspecified atom stereocenters. The summed E-state index contributed by atoms with van der Waals surface area (Å²) in [4.78, 5) is 2.47. The van der Waals surface area contributed by atoms with Crippen LogP contribution in [0.15, 0.2) is 176 Å². The summed E-state index contributed by atoms with van der Waals surface area (Å²) in [7, 11) is 0. The molecule has 3 aliphatic carbocycles. The third kappa shape index (κ3) is 4.96. The summed E-state index contributed by atoms with van der Waals surface area (Å²) in [6.45, 7) is 14.4. The van der Waals surface area contributed by atoms with Crippen LogP contribution in [0.2, 0.25) is 0 Å². The van der Waals surface area contributed by atoms with Gasteiger partial charge in [-0.1, -0.05) is 163 Å². The molecule has 8 aromatic carbocycles. The maximum Gasteiger partial charge on any atom is 0.0465 e. The first-order chi connectivity index (χ1) is 28.0. The van der Waals surface area contributed by atoms with Crippen molar-refractivity contribution in [3.05, 3.63) is 209 Å². The van der Waals surface area contributed by atoms with Crippen LogP contribution in [0.1, 0.15) is 74.9 Å². The second kappa shape index (κ2) is 12.3. The molecule has 0 bridgehead atoms. The van der Waals surface area contributed by atoms with Crippen LogP contribution in [0.4, 0.5) is 17.1 Å². The highest BCUT2D eigenvalue weighted by molar-refractivity contribution is 5.93. The molecule has 280 valence electrons. The Morgan fingerprint density at radius 2 is 0.638 bits per heavy atom. The lowest BCUT2D eigenvalue weighted by molar-refractivity contribution is 0.652. The second-order valence-electron chi connectivity index (χ2n) is 18.2. The standard InChI is InChI=1S/C57H47N/c1-55(2)49-20-14-13-19-43(49)44-28-26-41(32-51(44)55)58(40-24-21-38(22-25-40)36-15-9-7-10-16-36)42-27-29-45-47-34-54-48(35-53(47)57(5,6)52(45)33-42)46-31-39(37-17-11-8-12-18-37)23-30-50(46)56(54,3)4/h7-35H,1-6H3. The summed E-state index contributed by atoms with van der Waals surface area (Å²) in [6, 6.07) is 66.0. The average molecular weight is 746 g/mol. The van der Waals surface area contributed by atoms with E-state index in [1.165, 1.54) is 100 Å². The molecule has 11 rings (SSSR count). The first-order valence-electron chi connectivity index (χ1n) is 20.8. The van der Waals surface area contributed by atoms with Crippen molar-refractivity contribution in [2.24, 2.45) is 0 Å². The predicted molar refractivity (Wildman–Crippen MR) is 245 cm³/mol. The number of fused-ring (bicyclic) bond motifs is 9. The fraction of sp³-hybridized carbons (Fsp3) is 0.158. The van der Waals surface area contributed by atoms with Crippen LogP contribution < -0.4 is 4.90 Å². The van der Waals surface area contributed by atoms with Gasteiger partial charge in [-0.05, 0) is 144 Å². The van der Waals surface area contributed by atoms with E-state index in [4.69, 9.17) is 0 Å². The van der Waals surface area contributed by atoms with Gasteiger partial charge in [0, 0.05) is 33.3 Å². The quantitative estimate of drug-likeness (QED) is 0.170. The summed E-state index contributed by atoms with van der Waals surface area (Å²) < 4.78 is 0. The first-order valence-corrected chi connectivity index (χ1v) is 20.8. The smallest absolute Gasteiger partial charge is 0.0465 e. The second-order valence-corrected chi connectivity index (χ2v) is 18.2. The highest BCUT2D eigenvalue weighted by Crippen LogP contribution is 2.58. The van der Waals surface area contributed by atoms with Gasteiger partial charge < -0.3 is 4.90 Å². The lowest BCUT2D eigenvalue weighted by Gasteiger charge is -2.30. The SMILES string of the molecule is CC1(C)c2ccccc2-c2ccc(N(c3ccc(-c4ccccc4)cc3)c3ccc4c(c3)C(C)(C)c3cc5c(cc3-4)C(C)(C)c3ccc(-c4ccccc4)cc3-5)cc21. The van der Waals surface area contributed by atoms with Crippen LogP contribution in [0.3, 0.4) is 0 Å². The van der Waals surface area contributed by atoms with E-state index in [1.54, 1.807) is 0 Å². The molecule has 0 saturated carbocycles. The van der Waals surface area contributed by atoms with Crippen molar-refractivity contribution < 1.29 is 0 Å². The summed E-state index contributed by atoms with van der Waals surface area (Å²) in [5.74, 6) is 0. The number of nitrogens with zero attached hydrogens (tertiary/aromatic N) is 1. The Kier molecular flexibility index (Phi) is 7.36. The number of anilines is 3. The normalized spacial score (nSPS) is 15.5. The van der Waals surface area contributed by atoms with Gasteiger partial charge in [0.1, 0.15) is 0 Å². The van der Waals surface area contributed by atoms with Crippen LogP contribution >= 0.6 is 0 Å². The van der Waals surface area contributed by atoms with Crippen LogP contribution in [0.25, 0.3) is 55.6 Å². The Balaban J connectivity index is 1.05. The third-order valence-electron chi connectivity index (χ3n) is 13.9. The van der Waals surface area contributed by atoms with Gasteiger partial charge in [0.05, 0.1) is 0 Å². The van der Waals surface area contributed by atoms with E-state index in [1.807, 2.05) is 0 Å². The Morgan fingerprint density at radius 3 is 1.24 bits per heavy atom. The molecule has 3 aliphatic rings. The molecule has 0 radical (unpaired) electrons. The van der Waals surface area contributed by atoms with Gasteiger partial charge in [0.25, 0.3) is 0 Å². The summed E-state index contributed by atoms with van der Waals surface area (Å²) >= 11 is 0. The number of benzene rings is 8. The van der Waals surface area contributed by atoms with Gasteiger partial charge >= 0.3 is 0 Å². The van der Waals surface area contributed by atoms with Crippen molar-refractivity contribution in [2.45, 2.75) is 57.8 Å². The van der Waals surface area contributed by atoms with E-state index in [0.29, 0.717) is 0 Å². The average Bonchev–Trinajstić information content (AvgIpc) is 3.72. The molecule has 1 heteroatoms. The third-order valence-corrected chi connectivity index (χ3v) is 13.9. The van der Waals surface area contributed by atoms with Gasteiger partial charge in [-0.15, -0.1) is 0 Å². The summed E-state index contributed by atoms with van der Waals surface area (Å²) in [5, 5.41) is 0. The van der Waals surface area contributed by atoms with Crippen molar-refractivity contribution in [1.82, 2.24) is 0 Å². The molecule has 0 aromatic heterocycles. The molecule has 0 saturated heterocycles. The minimum atomic E-state index is -0.190. The maximum absolute atomic E-state index is 2.53. The molecule has 0 N–H and O–H groups in total. The zero-order valence-electron chi connectivity index (χ0n) is 34.2. The van der Waals surface area contributed by atoms with Gasteiger partial charge in [0.2, 0.25) is 0 Å². The lowest BCUT2D eigenvalue weighted by Crippen LogP contribution is -2.18. The predicted octanol–water partition coefficient (Wildman–Crippen LogP) is 15.4. The van der Waals surface area contributed by atoms with Gasteiger partial charge in [0.15, 0.2) is 0 Å². The zero-order chi connectivity index (χ0) is 39.6. The van der Waals surface area contributed by atoms with Crippen LogP contribution in [-0.2, 0) is 16.2 Å². The van der Waals surface area contributed by atoms with E-state index in [9.17, 15) is 0 Å². The Bertz CT molecular complexity index is 2950. The fourth-order valence-electron chi connectivity index (χ4n) is 10.6. The van der Waals surface area contributed by atoms with E-state index in [-0.39, 0.29) is 16.2 Å². The van der Waals surface area contributed by atoms with Gasteiger partial charge in [-0.25, -0.2) is 0 Å². The van der Waals surface area contributed by atoms with E-state index in [0.717, 1.165) is 5.69 Å². The molecule has 1 nitrogen and oxygen atoms in total. The minimum Gasteiger partial charge on any atom is -0.310 e. The van der Waals surface area contributed by atoms with Crippen LogP contribution in [0.5, 0.6) is 0 Å². The topological polar surface area (TPSA) is 3.24 Å². The molecule has 58 heavy (non-hydrogen) atoms. The first kappa shape index (κ1) is 34.8. The van der Waals surface area contributed by atoms with Crippen molar-refractivity contribution in [2.75, 3.05) is 4.90 Å². The Labute approximate surface area is 343 Å². The molecule has 0 atom stereocenters. The largest absolute Gasteiger partial charge is 0.310 e. The number of hydrogen-bond acceptors (Lipinski definition) is 1.